The van der Waals surface area contributed by atoms with Crippen LogP contribution in [-0.2, 0) is 0 Å². The second-order valence-corrected chi connectivity index (χ2v) is 5.84. The van der Waals surface area contributed by atoms with E-state index in [1.54, 1.807) is 6.07 Å². The van der Waals surface area contributed by atoms with Gasteiger partial charge in [-0.3, -0.25) is 12.9 Å². The van der Waals surface area contributed by atoms with Gasteiger partial charge in [0.1, 0.15) is 0 Å². The van der Waals surface area contributed by atoms with Gasteiger partial charge in [-0.1, -0.05) is 40.9 Å². The van der Waals surface area contributed by atoms with Gasteiger partial charge in [0.05, 0.1) is 10.0 Å². The molecule has 0 bridgehead atoms. The van der Waals surface area contributed by atoms with E-state index in [0.717, 1.165) is 3.69 Å². The van der Waals surface area contributed by atoms with Crippen molar-refractivity contribution in [1.82, 2.24) is 0 Å². The Bertz CT molecular complexity index is 277. The molecule has 0 unspecified atom stereocenters. The summed E-state index contributed by atoms with van der Waals surface area (Å²) < 4.78 is 1.08. The van der Waals surface area contributed by atoms with Gasteiger partial charge in [0, 0.05) is 5.02 Å². The third kappa shape index (κ3) is 2.39. The quantitative estimate of drug-likeness (QED) is 0.548. The Hall–Kier alpha value is 1.34. The number of hydrogen-bond acceptors (Lipinski definition) is 0. The highest BCUT2D eigenvalue weighted by Crippen LogP contribution is 2.27. The first-order valence-electron chi connectivity index (χ1n) is 2.85. The molecule has 1 aromatic carbocycles. The minimum atomic E-state index is -0.438. The minimum absolute atomic E-state index is 0.438. The fraction of sp³-hybridized carbons (Fsp3) is 0. The van der Waals surface area contributed by atoms with Crippen LogP contribution in [0, 0.1) is 0 Å². The SMILES string of the molecule is Clc1cc[c]([Mg][Br])c(Cl)c1Cl. The molecule has 11 heavy (non-hydrogen) atoms. The maximum atomic E-state index is 5.89. The highest BCUT2D eigenvalue weighted by Gasteiger charge is 2.07. The number of rotatable bonds is 1. The van der Waals surface area contributed by atoms with Gasteiger partial charge in [-0.2, -0.15) is 0 Å². The summed E-state index contributed by atoms with van der Waals surface area (Å²) in [5, 5.41) is 1.55. The summed E-state index contributed by atoms with van der Waals surface area (Å²) in [5.41, 5.74) is 0. The van der Waals surface area contributed by atoms with Gasteiger partial charge >= 0.3 is 18.2 Å². The third-order valence-corrected chi connectivity index (χ3v) is 5.51. The van der Waals surface area contributed by atoms with E-state index in [4.69, 9.17) is 34.8 Å². The number of halogens is 4. The largest absolute Gasteiger partial charge is 0.509 e. The van der Waals surface area contributed by atoms with E-state index in [2.05, 4.69) is 12.9 Å². The molecule has 0 fully saturated rings. The van der Waals surface area contributed by atoms with E-state index >= 15 is 0 Å². The van der Waals surface area contributed by atoms with Crippen LogP contribution in [0.1, 0.15) is 0 Å². The molecule has 0 radical (unpaired) electrons. The van der Waals surface area contributed by atoms with Gasteiger partial charge in [-0.05, 0) is 6.07 Å². The minimum Gasteiger partial charge on any atom is -0.296 e. The standard InChI is InChI=1S/C6H2Cl3.BrH.Mg/c7-4-2-1-3-5(8)6(4)9;;/h1-2H;1H;/q;;+1/p-1. The van der Waals surface area contributed by atoms with Gasteiger partial charge in [-0.25, -0.2) is 0 Å². The predicted molar refractivity (Wildman–Crippen MR) is 55.8 cm³/mol. The van der Waals surface area contributed by atoms with Crippen molar-refractivity contribution < 1.29 is 0 Å². The van der Waals surface area contributed by atoms with Crippen LogP contribution in [-0.4, -0.2) is 18.2 Å². The van der Waals surface area contributed by atoms with Crippen LogP contribution < -0.4 is 3.69 Å². The smallest absolute Gasteiger partial charge is 0.296 e. The number of benzene rings is 1. The Morgan fingerprint density at radius 2 is 1.73 bits per heavy atom. The van der Waals surface area contributed by atoms with E-state index in [0.29, 0.717) is 15.1 Å². The average Bonchev–Trinajstić information content (AvgIpc) is 2.01. The van der Waals surface area contributed by atoms with Gasteiger partial charge in [0.15, 0.2) is 0 Å². The molecule has 1 rings (SSSR count). The molecule has 0 saturated heterocycles. The third-order valence-electron chi connectivity index (χ3n) is 1.26. The predicted octanol–water partition coefficient (Wildman–Crippen LogP) is 3.29. The molecule has 0 nitrogen and oxygen atoms in total. The van der Waals surface area contributed by atoms with Crippen LogP contribution in [0.3, 0.4) is 0 Å². The molecule has 0 N–H and O–H groups in total. The highest BCUT2D eigenvalue weighted by atomic mass is 79.9. The van der Waals surface area contributed by atoms with Crippen molar-refractivity contribution in [1.29, 1.82) is 0 Å². The lowest BCUT2D eigenvalue weighted by Gasteiger charge is -2.03. The Morgan fingerprint density at radius 1 is 1.09 bits per heavy atom. The van der Waals surface area contributed by atoms with Crippen LogP contribution in [0.4, 0.5) is 0 Å². The van der Waals surface area contributed by atoms with Crippen molar-refractivity contribution in [2.45, 2.75) is 0 Å². The van der Waals surface area contributed by atoms with Crippen molar-refractivity contribution in [2.75, 3.05) is 0 Å². The van der Waals surface area contributed by atoms with Crippen LogP contribution in [0.5, 0.6) is 0 Å². The summed E-state index contributed by atoms with van der Waals surface area (Å²) in [4.78, 5) is 0. The maximum Gasteiger partial charge on any atom is 0.509 e. The van der Waals surface area contributed by atoms with E-state index in [1.807, 2.05) is 6.07 Å². The zero-order valence-electron chi connectivity index (χ0n) is 5.37. The first-order valence-corrected chi connectivity index (χ1v) is 8.59. The van der Waals surface area contributed by atoms with E-state index in [-0.39, 0.29) is 0 Å². The lowest BCUT2D eigenvalue weighted by molar-refractivity contribution is 1.76. The van der Waals surface area contributed by atoms with Crippen LogP contribution >= 0.6 is 47.7 Å². The molecule has 0 aromatic heterocycles. The van der Waals surface area contributed by atoms with Gasteiger partial charge < -0.3 is 0 Å². The summed E-state index contributed by atoms with van der Waals surface area (Å²) in [6.45, 7) is 0. The van der Waals surface area contributed by atoms with E-state index in [9.17, 15) is 0 Å². The Morgan fingerprint density at radius 3 is 2.27 bits per heavy atom. The molecule has 0 amide bonds. The van der Waals surface area contributed by atoms with Gasteiger partial charge in [0.25, 0.3) is 0 Å². The summed E-state index contributed by atoms with van der Waals surface area (Å²) in [6.07, 6.45) is 0. The average molecular weight is 285 g/mol. The molecule has 0 atom stereocenters. The molecule has 56 valence electrons. The fourth-order valence-corrected chi connectivity index (χ4v) is 3.92. The molecule has 0 heterocycles. The molecule has 0 aliphatic rings. The first kappa shape index (κ1) is 10.4. The molecular weight excluding hydrogens is 283 g/mol. The molecular formula is C6H2BrCl3Mg. The van der Waals surface area contributed by atoms with Crippen molar-refractivity contribution in [3.63, 3.8) is 0 Å². The summed E-state index contributed by atoms with van der Waals surface area (Å²) in [5.74, 6) is 0. The second kappa shape index (κ2) is 4.54. The van der Waals surface area contributed by atoms with Crippen molar-refractivity contribution in [3.05, 3.63) is 27.2 Å². The van der Waals surface area contributed by atoms with Gasteiger partial charge in [0.2, 0.25) is 0 Å². The van der Waals surface area contributed by atoms with E-state index in [1.165, 1.54) is 0 Å². The van der Waals surface area contributed by atoms with Crippen molar-refractivity contribution in [3.8, 4) is 0 Å². The van der Waals surface area contributed by atoms with Crippen LogP contribution in [0.15, 0.2) is 12.1 Å². The lowest BCUT2D eigenvalue weighted by atomic mass is 10.3. The first-order chi connectivity index (χ1) is 5.16. The zero-order chi connectivity index (χ0) is 8.43. The molecule has 0 aliphatic heterocycles. The Labute approximate surface area is 95.8 Å². The maximum absolute atomic E-state index is 5.89. The van der Waals surface area contributed by atoms with Crippen LogP contribution in [0.25, 0.3) is 0 Å². The topological polar surface area (TPSA) is 0 Å². The Kier molecular flexibility index (Phi) is 4.30. The molecule has 0 saturated carbocycles. The fourth-order valence-electron chi connectivity index (χ4n) is 0.669. The van der Waals surface area contributed by atoms with E-state index < -0.39 is 18.2 Å². The van der Waals surface area contributed by atoms with Gasteiger partial charge in [-0.15, -0.1) is 3.69 Å². The van der Waals surface area contributed by atoms with Crippen molar-refractivity contribution in [2.24, 2.45) is 0 Å². The Balaban J connectivity index is 3.25. The zero-order valence-corrected chi connectivity index (χ0v) is 10.6. The second-order valence-electron chi connectivity index (χ2n) is 1.97. The lowest BCUT2D eigenvalue weighted by Crippen LogP contribution is -2.09. The molecule has 1 aromatic rings. The van der Waals surface area contributed by atoms with Crippen molar-refractivity contribution >= 4 is 69.6 Å². The summed E-state index contributed by atoms with van der Waals surface area (Å²) in [7, 11) is 0. The number of hydrogen-bond donors (Lipinski definition) is 0. The molecule has 0 aliphatic carbocycles. The normalized spacial score (nSPS) is 9.45. The highest BCUT2D eigenvalue weighted by molar-refractivity contribution is 9.23. The monoisotopic (exact) mass is 282 g/mol. The molecule has 5 heteroatoms. The molecule has 0 spiro atoms. The summed E-state index contributed by atoms with van der Waals surface area (Å²) in [6, 6.07) is 3.66. The summed E-state index contributed by atoms with van der Waals surface area (Å²) >= 11 is 20.4. The van der Waals surface area contributed by atoms with Crippen LogP contribution in [0.2, 0.25) is 15.1 Å².